The molecule has 147 heavy (non-hydrogen) atoms. The van der Waals surface area contributed by atoms with Gasteiger partial charge < -0.3 is 107 Å². The molecule has 6 saturated heterocycles. The first-order valence-corrected chi connectivity index (χ1v) is 52.6. The van der Waals surface area contributed by atoms with E-state index in [4.69, 9.17) is 23.7 Å². The summed E-state index contributed by atoms with van der Waals surface area (Å²) in [5, 5.41) is 29.5. The second-order valence-electron chi connectivity index (χ2n) is 42.3. The lowest BCUT2D eigenvalue weighted by Crippen LogP contribution is -2.57. The number of Topliss-reactive ketones (excluding diaryl/α,β-unsaturated/α-hetero) is 5. The summed E-state index contributed by atoms with van der Waals surface area (Å²) in [6, 6.07) is -4.20. The number of alkyl carbamates (subject to hydrolysis) is 5. The van der Waals surface area contributed by atoms with Crippen molar-refractivity contribution < 1.29 is 142 Å². The molecule has 11 N–H and O–H groups in total. The van der Waals surface area contributed by atoms with Crippen LogP contribution in [0.15, 0.2) is 0 Å². The number of rotatable bonds is 50. The SMILES string of the molecule is CCC(=O)N(CC(=O)[C@H](CC(C)C)NC(=O)OC1(C(F)(F)F)CCC1)C[C@@H]1CCNC1=O.CCC(=O)N(CC(=O)[C@H](CC(C)C)NC(=O)OC1(C)CCC1)C[C@@H]1CCNC1=O.CCC(=O)N(CC(=O)[C@H](CC(C)C)NC(=O)OC1CC(F)(F)C1)C[C@@H]1CCNC1=O.CCC(=O)N(CC(=O)[C@H](CC(C)C)NC(=O)OC1CCC1)C[C@@H]1CCNC1=O.CCC(=O)N(CC(=O)[C@H](CC(C)C)NC(=O)OC1CNC1)C[C@@H]1CCNC1=O. The summed E-state index contributed by atoms with van der Waals surface area (Å²) in [6.45, 7) is 33.5. The number of nitrogens with one attached hydrogen (secondary N) is 11. The van der Waals surface area contributed by atoms with Crippen molar-refractivity contribution >= 4 is 118 Å². The van der Waals surface area contributed by atoms with E-state index in [1.807, 2.05) is 62.3 Å². The Morgan fingerprint density at radius 3 is 0.755 bits per heavy atom. The van der Waals surface area contributed by atoms with E-state index in [2.05, 4.69) is 58.5 Å². The minimum atomic E-state index is -4.69. The molecule has 4 aliphatic carbocycles. The molecule has 6 aliphatic heterocycles. The third-order valence-electron chi connectivity index (χ3n) is 27.4. The fourth-order valence-corrected chi connectivity index (χ4v) is 18.0. The number of hydrogen-bond donors (Lipinski definition) is 11. The average molecular weight is 2100 g/mol. The molecule has 0 bridgehead atoms. The Morgan fingerprint density at radius 2 is 0.578 bits per heavy atom. The Labute approximate surface area is 859 Å². The molecule has 0 aromatic heterocycles. The number of amides is 15. The molecule has 10 aliphatic rings. The molecule has 15 amide bonds. The lowest BCUT2D eigenvalue weighted by molar-refractivity contribution is -0.284. The van der Waals surface area contributed by atoms with Gasteiger partial charge in [0.1, 0.15) is 23.9 Å². The number of hydrogen-bond acceptors (Lipinski definition) is 26. The summed E-state index contributed by atoms with van der Waals surface area (Å²) in [7, 11) is 0. The van der Waals surface area contributed by atoms with Crippen molar-refractivity contribution in [3.63, 3.8) is 0 Å². The first-order chi connectivity index (χ1) is 69.1. The van der Waals surface area contributed by atoms with Crippen LogP contribution in [0.1, 0.15) is 278 Å². The Morgan fingerprint density at radius 1 is 0.340 bits per heavy atom. The van der Waals surface area contributed by atoms with Crippen molar-refractivity contribution in [2.75, 3.05) is 111 Å². The van der Waals surface area contributed by atoms with Crippen LogP contribution in [0.3, 0.4) is 0 Å². The monoisotopic (exact) mass is 2100 g/mol. The van der Waals surface area contributed by atoms with Gasteiger partial charge in [-0.3, -0.25) is 71.9 Å². The van der Waals surface area contributed by atoms with Crippen LogP contribution in [-0.2, 0) is 95.6 Å². The maximum atomic E-state index is 13.3. The van der Waals surface area contributed by atoms with Gasteiger partial charge in [-0.2, -0.15) is 13.2 Å². The van der Waals surface area contributed by atoms with Crippen LogP contribution >= 0.6 is 0 Å². The molecular weight excluding hydrogens is 1930 g/mol. The van der Waals surface area contributed by atoms with Crippen molar-refractivity contribution in [2.45, 2.75) is 350 Å². The van der Waals surface area contributed by atoms with Crippen molar-refractivity contribution in [1.29, 1.82) is 0 Å². The highest BCUT2D eigenvalue weighted by Crippen LogP contribution is 2.48. The molecule has 832 valence electrons. The minimum absolute atomic E-state index is 0.0551. The zero-order valence-corrected chi connectivity index (χ0v) is 88.6. The number of nitrogens with zero attached hydrogens (tertiary/aromatic N) is 5. The van der Waals surface area contributed by atoms with E-state index in [1.54, 1.807) is 48.5 Å². The van der Waals surface area contributed by atoms with E-state index >= 15 is 0 Å². The quantitative estimate of drug-likeness (QED) is 0.0202. The maximum Gasteiger partial charge on any atom is 0.428 e. The summed E-state index contributed by atoms with van der Waals surface area (Å²) in [6.07, 6.45) is 0.312. The van der Waals surface area contributed by atoms with Gasteiger partial charge in [0, 0.05) is 123 Å². The van der Waals surface area contributed by atoms with Crippen LogP contribution in [0, 0.1) is 59.2 Å². The summed E-state index contributed by atoms with van der Waals surface area (Å²) in [5.74, 6) is -7.27. The molecule has 0 radical (unpaired) electrons. The molecule has 6 heterocycles. The Kier molecular flexibility index (Phi) is 50.9. The maximum absolute atomic E-state index is 13.3. The molecular formula is C101H163F5N16O25. The molecule has 10 rings (SSSR count). The largest absolute Gasteiger partial charge is 0.446 e. The number of carbonyl (C=O) groups is 20. The molecule has 10 atom stereocenters. The predicted molar refractivity (Wildman–Crippen MR) is 526 cm³/mol. The van der Waals surface area contributed by atoms with Gasteiger partial charge in [0.15, 0.2) is 28.9 Å². The predicted octanol–water partition coefficient (Wildman–Crippen LogP) is 8.11. The third-order valence-corrected chi connectivity index (χ3v) is 27.4. The number of ketones is 5. The van der Waals surface area contributed by atoms with E-state index in [0.29, 0.717) is 110 Å². The molecule has 0 unspecified atom stereocenters. The van der Waals surface area contributed by atoms with Crippen LogP contribution in [0.25, 0.3) is 0 Å². The topological polar surface area (TPSA) is 536 Å². The van der Waals surface area contributed by atoms with Gasteiger partial charge in [-0.05, 0) is 159 Å². The Bertz CT molecular complexity index is 4360. The first kappa shape index (κ1) is 125. The number of alkyl halides is 5. The fourth-order valence-electron chi connectivity index (χ4n) is 18.0. The van der Waals surface area contributed by atoms with Gasteiger partial charge in [-0.25, -0.2) is 32.8 Å². The smallest absolute Gasteiger partial charge is 0.428 e. The normalized spacial score (nSPS) is 20.8. The molecule has 10 fully saturated rings. The van der Waals surface area contributed by atoms with E-state index in [0.717, 1.165) is 38.5 Å². The fraction of sp³-hybridized carbons (Fsp3) is 0.802. The first-order valence-electron chi connectivity index (χ1n) is 52.6. The molecule has 0 aromatic rings. The van der Waals surface area contributed by atoms with Gasteiger partial charge in [-0.1, -0.05) is 104 Å². The lowest BCUT2D eigenvalue weighted by atomic mass is 9.79. The van der Waals surface area contributed by atoms with Gasteiger partial charge >= 0.3 is 36.6 Å². The number of carbonyl (C=O) groups excluding carboxylic acids is 20. The van der Waals surface area contributed by atoms with E-state index < -0.39 is 115 Å². The van der Waals surface area contributed by atoms with Gasteiger partial charge in [0.2, 0.25) is 64.7 Å². The number of ether oxygens (including phenoxy) is 5. The second kappa shape index (κ2) is 60.0. The van der Waals surface area contributed by atoms with Crippen LogP contribution in [0.5, 0.6) is 0 Å². The zero-order valence-electron chi connectivity index (χ0n) is 88.6. The summed E-state index contributed by atoms with van der Waals surface area (Å²) < 4.78 is 91.5. The number of halogens is 5. The van der Waals surface area contributed by atoms with Crippen molar-refractivity contribution in [3.8, 4) is 0 Å². The van der Waals surface area contributed by atoms with Crippen LogP contribution in [0.2, 0.25) is 0 Å². The molecule has 4 saturated carbocycles. The van der Waals surface area contributed by atoms with Crippen LogP contribution < -0.4 is 58.5 Å². The highest BCUT2D eigenvalue weighted by molar-refractivity contribution is 5.97. The Hall–Kier alpha value is -11.0. The highest BCUT2D eigenvalue weighted by atomic mass is 19.4. The van der Waals surface area contributed by atoms with Crippen molar-refractivity contribution in [3.05, 3.63) is 0 Å². The summed E-state index contributed by atoms with van der Waals surface area (Å²) in [4.78, 5) is 254. The molecule has 0 spiro atoms. The Balaban J connectivity index is 0.000000281. The van der Waals surface area contributed by atoms with Crippen LogP contribution in [-0.4, -0.2) is 326 Å². The highest BCUT2D eigenvalue weighted by Gasteiger charge is 2.62. The lowest BCUT2D eigenvalue weighted by Gasteiger charge is -2.42. The van der Waals surface area contributed by atoms with Crippen LogP contribution in [0.4, 0.5) is 45.9 Å². The summed E-state index contributed by atoms with van der Waals surface area (Å²) >= 11 is 0. The third kappa shape index (κ3) is 42.2. The average Bonchev–Trinajstić information content (AvgIpc) is 1.49. The van der Waals surface area contributed by atoms with Crippen molar-refractivity contribution in [2.24, 2.45) is 59.2 Å². The molecule has 46 heteroatoms. The van der Waals surface area contributed by atoms with E-state index in [9.17, 15) is 118 Å². The summed E-state index contributed by atoms with van der Waals surface area (Å²) in [5.41, 5.74) is -2.96. The van der Waals surface area contributed by atoms with Gasteiger partial charge in [0.05, 0.1) is 92.5 Å². The van der Waals surface area contributed by atoms with Gasteiger partial charge in [0.25, 0.3) is 5.92 Å². The van der Waals surface area contributed by atoms with E-state index in [1.165, 1.54) is 24.5 Å². The molecule has 0 aromatic carbocycles. The second-order valence-corrected chi connectivity index (χ2v) is 42.3. The molecule has 41 nitrogen and oxygen atoms in total. The van der Waals surface area contributed by atoms with E-state index in [-0.39, 0.29) is 264 Å². The minimum Gasteiger partial charge on any atom is -0.446 e. The van der Waals surface area contributed by atoms with Crippen molar-refractivity contribution in [1.82, 2.24) is 83.0 Å². The van der Waals surface area contributed by atoms with Gasteiger partial charge in [-0.15, -0.1) is 0 Å². The zero-order chi connectivity index (χ0) is 110. The standard InChI is InChI=1S/C21H32F3N3O5.C21H35N3O5.C20H31F2N3O5.C20H33N3O5.C19H32N4O5/c1-4-17(29)27(11-14-6-9-25-18(14)30)12-16(28)15(10-13(2)3)26-19(31)32-20(7-5-8-20)21(22,23)24;1-5-18(26)24(12-15-7-10-22-19(15)27)13-17(25)16(11-14(2)3)23-20(28)29-21(4)8-6-9-21;1-4-17(27)25(10-13-5-6-23-18(13)28)11-16(26)15(7-12(2)3)24-19(29)30-14-8-20(21,22)9-14;1-4-18(25)23(11-14-8-9-21-19(14)26)12-17(24)16(10-13(2)3)22-20(27)28-15-6-5-7-15;1-4-17(25)23(10-13-5-6-21-18(13)26)11-16(24)15(7-12(2)3)22-19(27)28-14-8-20-9-14/h13-15H,4-12H2,1-3H3,(H,25,30)(H,26,31);14-16H,5-13H2,1-4H3,(H,22,27)(H,23,28);12-15H,4-11H2,1-3H3,(H,23,28)(H,24,29);13-16H,4-12H2,1-3H3,(H,21,26)(H,22,27);12-15,20H,4-11H2,1-3H3,(H,21,26)(H,22,27)/t14-,15-;15-,16-;13-,15-;14-,16-;13-,15-/m00000/s1.